The molecule has 7 heteroatoms. The van der Waals surface area contributed by atoms with Crippen molar-refractivity contribution in [1.82, 2.24) is 9.55 Å². The molecule has 0 radical (unpaired) electrons. The van der Waals surface area contributed by atoms with E-state index in [0.29, 0.717) is 39.7 Å². The Labute approximate surface area is 186 Å². The lowest BCUT2D eigenvalue weighted by atomic mass is 9.75. The number of ether oxygens (including phenoxy) is 2. The fraction of sp³-hybridized carbons (Fsp3) is 0.480. The molecule has 2 aromatic heterocycles. The zero-order chi connectivity index (χ0) is 22.6. The number of carbonyl (C=O) groups is 2. The van der Waals surface area contributed by atoms with Crippen molar-refractivity contribution in [2.24, 2.45) is 17.8 Å². The topological polar surface area (TPSA) is 90.7 Å². The van der Waals surface area contributed by atoms with Crippen LogP contribution in [0.3, 0.4) is 0 Å². The molecule has 1 fully saturated rings. The van der Waals surface area contributed by atoms with Crippen molar-refractivity contribution in [2.45, 2.75) is 52.2 Å². The number of para-hydroxylation sites is 1. The van der Waals surface area contributed by atoms with Crippen molar-refractivity contribution in [3.05, 3.63) is 41.7 Å². The monoisotopic (exact) mass is 436 g/mol. The minimum absolute atomic E-state index is 0.139. The summed E-state index contributed by atoms with van der Waals surface area (Å²) in [6, 6.07) is 7.51. The van der Waals surface area contributed by atoms with Gasteiger partial charge >= 0.3 is 12.1 Å². The Morgan fingerprint density at radius 1 is 1.28 bits per heavy atom. The largest absolute Gasteiger partial charge is 0.450 e. The Bertz CT molecular complexity index is 1210. The molecule has 32 heavy (non-hydrogen) atoms. The van der Waals surface area contributed by atoms with Gasteiger partial charge < -0.3 is 14.6 Å². The van der Waals surface area contributed by atoms with Crippen LogP contribution in [0.2, 0.25) is 0 Å². The summed E-state index contributed by atoms with van der Waals surface area (Å²) in [6.45, 7) is 6.22. The molecule has 4 atom stereocenters. The van der Waals surface area contributed by atoms with Crippen molar-refractivity contribution < 1.29 is 24.2 Å². The van der Waals surface area contributed by atoms with Crippen LogP contribution in [0.1, 0.15) is 62.2 Å². The number of pyridine rings is 1. The highest BCUT2D eigenvalue weighted by Gasteiger charge is 2.37. The van der Waals surface area contributed by atoms with E-state index in [2.05, 4.69) is 25.8 Å². The van der Waals surface area contributed by atoms with Gasteiger partial charge in [0.15, 0.2) is 11.8 Å². The number of fused-ring (bicyclic) bond motifs is 5. The van der Waals surface area contributed by atoms with Gasteiger partial charge in [-0.15, -0.1) is 0 Å². The van der Waals surface area contributed by atoms with E-state index in [4.69, 9.17) is 9.47 Å². The number of aliphatic hydroxyl groups excluding tert-OH is 1. The molecule has 3 heterocycles. The molecular formula is C25H28N2O5. The van der Waals surface area contributed by atoms with E-state index < -0.39 is 18.2 Å². The van der Waals surface area contributed by atoms with Gasteiger partial charge in [-0.3, -0.25) is 0 Å². The highest BCUT2D eigenvalue weighted by molar-refractivity contribution is 6.16. The smallest absolute Gasteiger partial charge is 0.419 e. The van der Waals surface area contributed by atoms with E-state index in [1.165, 1.54) is 6.20 Å². The van der Waals surface area contributed by atoms with Crippen LogP contribution in [0.15, 0.2) is 30.5 Å². The molecular weight excluding hydrogens is 408 g/mol. The molecule has 1 aromatic carbocycles. The first-order valence-corrected chi connectivity index (χ1v) is 11.4. The summed E-state index contributed by atoms with van der Waals surface area (Å²) in [5.41, 5.74) is 1.96. The highest BCUT2D eigenvalue weighted by atomic mass is 16.6. The molecule has 3 aromatic rings. The predicted octanol–water partition coefficient (Wildman–Crippen LogP) is 4.84. The van der Waals surface area contributed by atoms with Crippen LogP contribution in [0, 0.1) is 17.8 Å². The van der Waals surface area contributed by atoms with Gasteiger partial charge in [-0.2, -0.15) is 0 Å². The summed E-state index contributed by atoms with van der Waals surface area (Å²) in [4.78, 5) is 30.1. The minimum Gasteiger partial charge on any atom is -0.450 e. The summed E-state index contributed by atoms with van der Waals surface area (Å²) < 4.78 is 13.0. The van der Waals surface area contributed by atoms with Crippen LogP contribution in [0.4, 0.5) is 4.79 Å². The second-order valence-corrected chi connectivity index (χ2v) is 9.46. The molecule has 0 bridgehead atoms. The second kappa shape index (κ2) is 7.89. The lowest BCUT2D eigenvalue weighted by Gasteiger charge is -2.36. The van der Waals surface area contributed by atoms with Gasteiger partial charge in [-0.1, -0.05) is 45.4 Å². The summed E-state index contributed by atoms with van der Waals surface area (Å²) >= 11 is 0. The number of nitrogens with zero attached hydrogens (tertiary/aromatic N) is 2. The lowest BCUT2D eigenvalue weighted by molar-refractivity contribution is 0.00756. The zero-order valence-electron chi connectivity index (χ0n) is 18.6. The first-order chi connectivity index (χ1) is 15.4. The number of benzene rings is 1. The number of rotatable bonds is 3. The van der Waals surface area contributed by atoms with Gasteiger partial charge in [-0.05, 0) is 36.7 Å². The minimum atomic E-state index is -0.798. The third kappa shape index (κ3) is 3.18. The van der Waals surface area contributed by atoms with Crippen molar-refractivity contribution >= 4 is 33.9 Å². The number of aliphatic hydroxyl groups is 1. The number of hydrogen-bond acceptors (Lipinski definition) is 6. The number of aromatic nitrogens is 2. The Balaban J connectivity index is 1.64. The van der Waals surface area contributed by atoms with E-state index >= 15 is 0 Å². The molecule has 0 spiro atoms. The van der Waals surface area contributed by atoms with Crippen molar-refractivity contribution in [1.29, 1.82) is 0 Å². The third-order valence-corrected chi connectivity index (χ3v) is 7.08. The molecule has 2 aliphatic rings. The SMILES string of the molecule is CC(C)[C@@H]1CC[C@@H](C)C[C@H]1OC(=O)n1c2ccccc2c2c3c(ncc21)C(=O)OC3CO. The average Bonchev–Trinajstić information content (AvgIpc) is 3.28. The van der Waals surface area contributed by atoms with Crippen LogP contribution in [0.25, 0.3) is 21.8 Å². The van der Waals surface area contributed by atoms with Gasteiger partial charge in [0, 0.05) is 16.3 Å². The maximum atomic E-state index is 13.6. The van der Waals surface area contributed by atoms with Crippen LogP contribution in [-0.4, -0.2) is 39.4 Å². The number of hydrogen-bond donors (Lipinski definition) is 1. The van der Waals surface area contributed by atoms with E-state index in [1.807, 2.05) is 24.3 Å². The van der Waals surface area contributed by atoms with Crippen molar-refractivity contribution in [3.63, 3.8) is 0 Å². The molecule has 1 saturated carbocycles. The lowest BCUT2D eigenvalue weighted by Crippen LogP contribution is -2.36. The molecule has 1 unspecified atom stereocenters. The van der Waals surface area contributed by atoms with Gasteiger partial charge in [0.2, 0.25) is 0 Å². The van der Waals surface area contributed by atoms with E-state index in [1.54, 1.807) is 4.57 Å². The Hall–Kier alpha value is -2.93. The van der Waals surface area contributed by atoms with E-state index in [0.717, 1.165) is 24.6 Å². The standard InChI is InChI=1S/C25H28N2O5/c1-13(2)15-9-8-14(3)10-19(15)32-25(30)27-17-7-5-4-6-16(17)21-18(27)11-26-23-22(21)20(12-28)31-24(23)29/h4-7,11,13-15,19-20,28H,8-10,12H2,1-3H3/t14-,15+,19-,20?/m1/s1. The van der Waals surface area contributed by atoms with Gasteiger partial charge in [0.05, 0.1) is 23.8 Å². The summed E-state index contributed by atoms with van der Waals surface area (Å²) in [5, 5.41) is 11.3. The molecule has 1 N–H and O–H groups in total. The van der Waals surface area contributed by atoms with Crippen molar-refractivity contribution in [3.8, 4) is 0 Å². The quantitative estimate of drug-likeness (QED) is 0.591. The van der Waals surface area contributed by atoms with Gasteiger partial charge in [0.25, 0.3) is 0 Å². The van der Waals surface area contributed by atoms with Crippen LogP contribution >= 0.6 is 0 Å². The third-order valence-electron chi connectivity index (χ3n) is 7.08. The molecule has 1 aliphatic carbocycles. The van der Waals surface area contributed by atoms with Crippen molar-refractivity contribution in [2.75, 3.05) is 6.61 Å². The maximum Gasteiger partial charge on any atom is 0.419 e. The summed E-state index contributed by atoms with van der Waals surface area (Å²) in [6.07, 6.45) is 3.21. The Morgan fingerprint density at radius 2 is 2.06 bits per heavy atom. The average molecular weight is 437 g/mol. The van der Waals surface area contributed by atoms with E-state index in [9.17, 15) is 14.7 Å². The van der Waals surface area contributed by atoms with Crippen LogP contribution in [-0.2, 0) is 9.47 Å². The molecule has 168 valence electrons. The fourth-order valence-electron chi connectivity index (χ4n) is 5.46. The molecule has 0 amide bonds. The molecule has 0 saturated heterocycles. The van der Waals surface area contributed by atoms with Gasteiger partial charge in [-0.25, -0.2) is 19.1 Å². The zero-order valence-corrected chi connectivity index (χ0v) is 18.6. The van der Waals surface area contributed by atoms with E-state index in [-0.39, 0.29) is 18.4 Å². The molecule has 5 rings (SSSR count). The Morgan fingerprint density at radius 3 is 2.81 bits per heavy atom. The first kappa shape index (κ1) is 20.9. The highest BCUT2D eigenvalue weighted by Crippen LogP contribution is 2.41. The summed E-state index contributed by atoms with van der Waals surface area (Å²) in [5.74, 6) is 0.711. The fourth-order valence-corrected chi connectivity index (χ4v) is 5.46. The normalized spacial score (nSPS) is 25.3. The predicted molar refractivity (Wildman–Crippen MR) is 119 cm³/mol. The number of carbonyl (C=O) groups excluding carboxylic acids is 2. The summed E-state index contributed by atoms with van der Waals surface area (Å²) in [7, 11) is 0. The maximum absolute atomic E-state index is 13.6. The van der Waals surface area contributed by atoms with Crippen LogP contribution < -0.4 is 0 Å². The number of cyclic esters (lactones) is 1. The molecule has 1 aliphatic heterocycles. The first-order valence-electron chi connectivity index (χ1n) is 11.4. The van der Waals surface area contributed by atoms with Gasteiger partial charge in [0.1, 0.15) is 6.10 Å². The van der Waals surface area contributed by atoms with Crippen LogP contribution in [0.5, 0.6) is 0 Å². The second-order valence-electron chi connectivity index (χ2n) is 9.46. The molecule has 7 nitrogen and oxygen atoms in total. The Kier molecular flexibility index (Phi) is 5.16. The number of esters is 1.